The van der Waals surface area contributed by atoms with E-state index in [4.69, 9.17) is 5.73 Å². The molecule has 3 N–H and O–H groups in total. The molecule has 0 amide bonds. The van der Waals surface area contributed by atoms with E-state index in [1.807, 2.05) is 6.92 Å². The van der Waals surface area contributed by atoms with Crippen molar-refractivity contribution in [1.82, 2.24) is 9.97 Å². The molecule has 15 heavy (non-hydrogen) atoms. The number of hydrogen-bond acceptors (Lipinski definition) is 4. The second-order valence-corrected chi connectivity index (χ2v) is 4.31. The van der Waals surface area contributed by atoms with Crippen molar-refractivity contribution in [2.24, 2.45) is 11.7 Å². The van der Waals surface area contributed by atoms with Crippen LogP contribution in [-0.2, 0) is 0 Å². The minimum Gasteiger partial charge on any atom is -0.368 e. The Morgan fingerprint density at radius 3 is 2.87 bits per heavy atom. The Bertz CT molecular complexity index is 326. The highest BCUT2D eigenvalue weighted by Crippen LogP contribution is 2.24. The lowest BCUT2D eigenvalue weighted by Gasteiger charge is -2.12. The maximum Gasteiger partial charge on any atom is 0.147 e. The highest BCUT2D eigenvalue weighted by molar-refractivity contribution is 5.38. The standard InChI is InChI=1S/C11H18N4/c1-8-11(14-5-4-13-8)15-7-9-2-3-10(12)6-9/h4-5,9-10H,2-3,6-7,12H2,1H3,(H,14,15). The molecule has 4 heteroatoms. The average molecular weight is 206 g/mol. The molecule has 1 saturated carbocycles. The summed E-state index contributed by atoms with van der Waals surface area (Å²) in [4.78, 5) is 8.44. The van der Waals surface area contributed by atoms with Crippen molar-refractivity contribution in [3.63, 3.8) is 0 Å². The van der Waals surface area contributed by atoms with Gasteiger partial charge in [0.25, 0.3) is 0 Å². The Labute approximate surface area is 90.3 Å². The summed E-state index contributed by atoms with van der Waals surface area (Å²) in [6.07, 6.45) is 6.95. The monoisotopic (exact) mass is 206 g/mol. The number of anilines is 1. The Balaban J connectivity index is 1.86. The zero-order chi connectivity index (χ0) is 10.7. The molecule has 2 unspecified atom stereocenters. The van der Waals surface area contributed by atoms with Gasteiger partial charge in [-0.2, -0.15) is 0 Å². The summed E-state index contributed by atoms with van der Waals surface area (Å²) in [6, 6.07) is 0.403. The fourth-order valence-electron chi connectivity index (χ4n) is 2.12. The number of aromatic nitrogens is 2. The van der Waals surface area contributed by atoms with Gasteiger partial charge in [-0.1, -0.05) is 0 Å². The van der Waals surface area contributed by atoms with Crippen LogP contribution in [0.5, 0.6) is 0 Å². The smallest absolute Gasteiger partial charge is 0.147 e. The second-order valence-electron chi connectivity index (χ2n) is 4.31. The van der Waals surface area contributed by atoms with Crippen molar-refractivity contribution in [3.05, 3.63) is 18.1 Å². The van der Waals surface area contributed by atoms with E-state index in [-0.39, 0.29) is 0 Å². The third-order valence-corrected chi connectivity index (χ3v) is 3.02. The van der Waals surface area contributed by atoms with Crippen molar-refractivity contribution in [3.8, 4) is 0 Å². The van der Waals surface area contributed by atoms with Crippen LogP contribution < -0.4 is 11.1 Å². The maximum atomic E-state index is 5.87. The Kier molecular flexibility index (Phi) is 3.16. The molecular weight excluding hydrogens is 188 g/mol. The van der Waals surface area contributed by atoms with E-state index in [2.05, 4.69) is 15.3 Å². The zero-order valence-electron chi connectivity index (χ0n) is 9.11. The van der Waals surface area contributed by atoms with Gasteiger partial charge in [0.1, 0.15) is 5.82 Å². The number of hydrogen-bond donors (Lipinski definition) is 2. The van der Waals surface area contributed by atoms with Crippen LogP contribution in [0.2, 0.25) is 0 Å². The molecule has 4 nitrogen and oxygen atoms in total. The molecule has 0 radical (unpaired) electrons. The molecular formula is C11H18N4. The molecule has 1 aliphatic rings. The lowest BCUT2D eigenvalue weighted by molar-refractivity contribution is 0.564. The average Bonchev–Trinajstić information content (AvgIpc) is 2.63. The quantitative estimate of drug-likeness (QED) is 0.783. The normalized spacial score (nSPS) is 25.5. The lowest BCUT2D eigenvalue weighted by atomic mass is 10.1. The first kappa shape index (κ1) is 10.4. The van der Waals surface area contributed by atoms with Gasteiger partial charge in [-0.25, -0.2) is 4.98 Å². The molecule has 1 heterocycles. The van der Waals surface area contributed by atoms with E-state index in [1.54, 1.807) is 12.4 Å². The molecule has 1 aromatic rings. The molecule has 1 aliphatic carbocycles. The first-order valence-corrected chi connectivity index (χ1v) is 5.53. The number of nitrogens with two attached hydrogens (primary N) is 1. The summed E-state index contributed by atoms with van der Waals surface area (Å²) in [6.45, 7) is 2.93. The Morgan fingerprint density at radius 2 is 2.20 bits per heavy atom. The predicted molar refractivity (Wildman–Crippen MR) is 60.6 cm³/mol. The topological polar surface area (TPSA) is 63.8 Å². The van der Waals surface area contributed by atoms with Crippen LogP contribution in [0, 0.1) is 12.8 Å². The van der Waals surface area contributed by atoms with E-state index in [0.29, 0.717) is 12.0 Å². The summed E-state index contributed by atoms with van der Waals surface area (Å²) >= 11 is 0. The lowest BCUT2D eigenvalue weighted by Crippen LogP contribution is -2.18. The molecule has 1 fully saturated rings. The molecule has 1 aromatic heterocycles. The molecule has 2 rings (SSSR count). The highest BCUT2D eigenvalue weighted by Gasteiger charge is 2.21. The van der Waals surface area contributed by atoms with Crippen LogP contribution in [-0.4, -0.2) is 22.6 Å². The van der Waals surface area contributed by atoms with Crippen LogP contribution in [0.4, 0.5) is 5.82 Å². The molecule has 0 aliphatic heterocycles. The van der Waals surface area contributed by atoms with Crippen molar-refractivity contribution >= 4 is 5.82 Å². The van der Waals surface area contributed by atoms with Crippen molar-refractivity contribution in [2.75, 3.05) is 11.9 Å². The summed E-state index contributed by atoms with van der Waals surface area (Å²) in [5, 5.41) is 3.35. The van der Waals surface area contributed by atoms with E-state index in [0.717, 1.165) is 30.9 Å². The van der Waals surface area contributed by atoms with E-state index < -0.39 is 0 Å². The zero-order valence-corrected chi connectivity index (χ0v) is 9.11. The third kappa shape index (κ3) is 2.65. The van der Waals surface area contributed by atoms with Gasteiger partial charge in [0, 0.05) is 25.0 Å². The summed E-state index contributed by atoms with van der Waals surface area (Å²) in [5.41, 5.74) is 6.83. The van der Waals surface area contributed by atoms with E-state index in [9.17, 15) is 0 Å². The van der Waals surface area contributed by atoms with Gasteiger partial charge in [0.15, 0.2) is 0 Å². The van der Waals surface area contributed by atoms with E-state index >= 15 is 0 Å². The molecule has 2 atom stereocenters. The van der Waals surface area contributed by atoms with Gasteiger partial charge in [-0.05, 0) is 32.1 Å². The van der Waals surface area contributed by atoms with Crippen LogP contribution in [0.1, 0.15) is 25.0 Å². The van der Waals surface area contributed by atoms with Crippen molar-refractivity contribution in [1.29, 1.82) is 0 Å². The van der Waals surface area contributed by atoms with Gasteiger partial charge in [0.05, 0.1) is 5.69 Å². The highest BCUT2D eigenvalue weighted by atomic mass is 15.0. The van der Waals surface area contributed by atoms with Crippen LogP contribution in [0.3, 0.4) is 0 Å². The summed E-state index contributed by atoms with van der Waals surface area (Å²) in [5.74, 6) is 1.60. The van der Waals surface area contributed by atoms with Crippen molar-refractivity contribution in [2.45, 2.75) is 32.2 Å². The van der Waals surface area contributed by atoms with Gasteiger partial charge < -0.3 is 11.1 Å². The first-order chi connectivity index (χ1) is 7.25. The molecule has 82 valence electrons. The minimum atomic E-state index is 0.403. The molecule has 0 spiro atoms. The third-order valence-electron chi connectivity index (χ3n) is 3.02. The van der Waals surface area contributed by atoms with Crippen LogP contribution >= 0.6 is 0 Å². The van der Waals surface area contributed by atoms with Gasteiger partial charge in [0.2, 0.25) is 0 Å². The molecule has 0 bridgehead atoms. The maximum absolute atomic E-state index is 5.87. The number of rotatable bonds is 3. The second kappa shape index (κ2) is 4.57. The SMILES string of the molecule is Cc1nccnc1NCC1CCC(N)C1. The van der Waals surface area contributed by atoms with Crippen LogP contribution in [0.25, 0.3) is 0 Å². The molecule has 0 aromatic carbocycles. The fourth-order valence-corrected chi connectivity index (χ4v) is 2.12. The fraction of sp³-hybridized carbons (Fsp3) is 0.636. The Morgan fingerprint density at radius 1 is 1.40 bits per heavy atom. The van der Waals surface area contributed by atoms with Gasteiger partial charge >= 0.3 is 0 Å². The number of nitrogens with one attached hydrogen (secondary N) is 1. The van der Waals surface area contributed by atoms with Crippen molar-refractivity contribution < 1.29 is 0 Å². The van der Waals surface area contributed by atoms with Gasteiger partial charge in [-0.15, -0.1) is 0 Å². The van der Waals surface area contributed by atoms with Crippen LogP contribution in [0.15, 0.2) is 12.4 Å². The largest absolute Gasteiger partial charge is 0.368 e. The Hall–Kier alpha value is -1.16. The molecule has 0 saturated heterocycles. The predicted octanol–water partition coefficient (Wildman–Crippen LogP) is 1.32. The van der Waals surface area contributed by atoms with Gasteiger partial charge in [-0.3, -0.25) is 4.98 Å². The number of aryl methyl sites for hydroxylation is 1. The van der Waals surface area contributed by atoms with E-state index in [1.165, 1.54) is 6.42 Å². The number of nitrogens with zero attached hydrogens (tertiary/aromatic N) is 2. The summed E-state index contributed by atoms with van der Waals surface area (Å²) < 4.78 is 0. The summed E-state index contributed by atoms with van der Waals surface area (Å²) in [7, 11) is 0. The first-order valence-electron chi connectivity index (χ1n) is 5.53. The minimum absolute atomic E-state index is 0.403.